The van der Waals surface area contributed by atoms with Crippen molar-refractivity contribution in [1.82, 2.24) is 14.8 Å². The number of nitrogens with one attached hydrogen (secondary N) is 1. The Hall–Kier alpha value is -2.87. The number of carbonyl (C=O) groups excluding carboxylic acids is 1. The second kappa shape index (κ2) is 9.73. The van der Waals surface area contributed by atoms with Crippen LogP contribution in [0.15, 0.2) is 54.2 Å². The largest absolute Gasteiger partial charge is 0.489 e. The fourth-order valence-corrected chi connectivity index (χ4v) is 4.07. The Morgan fingerprint density at radius 1 is 1.06 bits per heavy atom. The number of aromatic nitrogens is 3. The number of benzene rings is 2. The first-order chi connectivity index (χ1) is 15.4. The Balaban J connectivity index is 1.33. The van der Waals surface area contributed by atoms with E-state index in [0.717, 1.165) is 16.9 Å². The zero-order valence-electron chi connectivity index (χ0n) is 17.4. The topological polar surface area (TPSA) is 69.0 Å². The Bertz CT molecular complexity index is 1270. The van der Waals surface area contributed by atoms with Gasteiger partial charge in [0.15, 0.2) is 0 Å². The van der Waals surface area contributed by atoms with Gasteiger partial charge in [-0.15, -0.1) is 16.4 Å². The van der Waals surface area contributed by atoms with E-state index >= 15 is 0 Å². The van der Waals surface area contributed by atoms with E-state index in [1.165, 1.54) is 22.5 Å². The Morgan fingerprint density at radius 3 is 2.69 bits per heavy atom. The lowest BCUT2D eigenvalue weighted by Crippen LogP contribution is -2.12. The van der Waals surface area contributed by atoms with Crippen molar-refractivity contribution in [2.45, 2.75) is 27.0 Å². The highest BCUT2D eigenvalue weighted by atomic mass is 35.5. The molecule has 32 heavy (non-hydrogen) atoms. The molecule has 1 amide bonds. The SMILES string of the molecule is Cc1ccc(OCc2csc(C(=O)Nc3ncn(Cc4ccc(Cl)c(Cl)c4)n3)c2)cc1C. The molecule has 6 nitrogen and oxygen atoms in total. The third-order valence-corrected chi connectivity index (χ3v) is 6.57. The summed E-state index contributed by atoms with van der Waals surface area (Å²) in [6, 6.07) is 13.2. The first-order valence-electron chi connectivity index (χ1n) is 9.79. The molecule has 1 N–H and O–H groups in total. The molecule has 0 unspecified atom stereocenters. The van der Waals surface area contributed by atoms with Gasteiger partial charge < -0.3 is 4.74 Å². The predicted molar refractivity (Wildman–Crippen MR) is 128 cm³/mol. The van der Waals surface area contributed by atoms with Gasteiger partial charge in [-0.1, -0.05) is 35.3 Å². The summed E-state index contributed by atoms with van der Waals surface area (Å²) in [6.45, 7) is 4.96. The van der Waals surface area contributed by atoms with Gasteiger partial charge in [-0.3, -0.25) is 10.1 Å². The molecule has 9 heteroatoms. The molecule has 0 aliphatic carbocycles. The summed E-state index contributed by atoms with van der Waals surface area (Å²) in [5, 5.41) is 9.91. The number of thiophene rings is 1. The van der Waals surface area contributed by atoms with Crippen LogP contribution in [-0.4, -0.2) is 20.7 Å². The lowest BCUT2D eigenvalue weighted by molar-refractivity contribution is 0.102. The monoisotopic (exact) mass is 486 g/mol. The summed E-state index contributed by atoms with van der Waals surface area (Å²) in [4.78, 5) is 17.3. The summed E-state index contributed by atoms with van der Waals surface area (Å²) in [5.74, 6) is 0.776. The fraction of sp³-hybridized carbons (Fsp3) is 0.174. The molecule has 0 fully saturated rings. The number of ether oxygens (including phenoxy) is 1. The van der Waals surface area contributed by atoms with E-state index in [-0.39, 0.29) is 11.9 Å². The van der Waals surface area contributed by atoms with Crippen LogP contribution >= 0.6 is 34.5 Å². The molecule has 4 rings (SSSR count). The van der Waals surface area contributed by atoms with Crippen LogP contribution in [0.25, 0.3) is 0 Å². The van der Waals surface area contributed by atoms with Crippen LogP contribution in [0.5, 0.6) is 5.75 Å². The van der Waals surface area contributed by atoms with Crippen LogP contribution < -0.4 is 10.1 Å². The number of nitrogens with zero attached hydrogens (tertiary/aromatic N) is 3. The summed E-state index contributed by atoms with van der Waals surface area (Å²) < 4.78 is 7.46. The predicted octanol–water partition coefficient (Wildman–Crippen LogP) is 6.14. The molecule has 0 saturated heterocycles. The number of amides is 1. The highest BCUT2D eigenvalue weighted by molar-refractivity contribution is 7.12. The number of rotatable bonds is 7. The normalized spacial score (nSPS) is 10.9. The van der Waals surface area contributed by atoms with E-state index in [0.29, 0.717) is 28.1 Å². The minimum Gasteiger partial charge on any atom is -0.489 e. The number of halogens is 2. The highest BCUT2D eigenvalue weighted by Crippen LogP contribution is 2.23. The van der Waals surface area contributed by atoms with Crippen LogP contribution in [0.2, 0.25) is 10.0 Å². The molecule has 2 aromatic heterocycles. The van der Waals surface area contributed by atoms with E-state index in [1.807, 2.05) is 35.7 Å². The Kier molecular flexibility index (Phi) is 6.79. The molecule has 0 spiro atoms. The summed E-state index contributed by atoms with van der Waals surface area (Å²) >= 11 is 13.3. The van der Waals surface area contributed by atoms with Gasteiger partial charge in [-0.2, -0.15) is 0 Å². The molecule has 0 aliphatic heterocycles. The van der Waals surface area contributed by atoms with Crippen molar-refractivity contribution in [1.29, 1.82) is 0 Å². The molecule has 0 aliphatic rings. The van der Waals surface area contributed by atoms with Gasteiger partial charge in [0.2, 0.25) is 5.95 Å². The highest BCUT2D eigenvalue weighted by Gasteiger charge is 2.13. The molecule has 4 aromatic rings. The molecule has 164 valence electrons. The minimum absolute atomic E-state index is 0.233. The molecular weight excluding hydrogens is 467 g/mol. The van der Waals surface area contributed by atoms with Crippen molar-refractivity contribution >= 4 is 46.4 Å². The summed E-state index contributed by atoms with van der Waals surface area (Å²) in [7, 11) is 0. The van der Waals surface area contributed by atoms with Gasteiger partial charge in [0, 0.05) is 5.56 Å². The number of hydrogen-bond donors (Lipinski definition) is 1. The molecule has 2 aromatic carbocycles. The van der Waals surface area contributed by atoms with Crippen LogP contribution in [-0.2, 0) is 13.2 Å². The van der Waals surface area contributed by atoms with Gasteiger partial charge in [-0.25, -0.2) is 9.67 Å². The molecule has 0 radical (unpaired) electrons. The first kappa shape index (κ1) is 22.3. The smallest absolute Gasteiger partial charge is 0.268 e. The third-order valence-electron chi connectivity index (χ3n) is 4.85. The average Bonchev–Trinajstić information content (AvgIpc) is 3.41. The van der Waals surface area contributed by atoms with Crippen LogP contribution in [0.4, 0.5) is 5.95 Å². The van der Waals surface area contributed by atoms with Gasteiger partial charge in [0.25, 0.3) is 5.91 Å². The van der Waals surface area contributed by atoms with E-state index in [4.69, 9.17) is 27.9 Å². The Labute approximate surface area is 199 Å². The van der Waals surface area contributed by atoms with Crippen molar-refractivity contribution < 1.29 is 9.53 Å². The lowest BCUT2D eigenvalue weighted by atomic mass is 10.1. The fourth-order valence-electron chi connectivity index (χ4n) is 2.96. The van der Waals surface area contributed by atoms with Gasteiger partial charge in [0.1, 0.15) is 18.7 Å². The second-order valence-electron chi connectivity index (χ2n) is 7.32. The molecule has 2 heterocycles. The maximum atomic E-state index is 12.6. The van der Waals surface area contributed by atoms with Crippen molar-refractivity contribution in [3.63, 3.8) is 0 Å². The zero-order valence-corrected chi connectivity index (χ0v) is 19.8. The molecule has 0 bridgehead atoms. The summed E-state index contributed by atoms with van der Waals surface area (Å²) in [6.07, 6.45) is 1.55. The maximum Gasteiger partial charge on any atom is 0.268 e. The van der Waals surface area contributed by atoms with Crippen LogP contribution in [0, 0.1) is 13.8 Å². The molecule has 0 saturated carbocycles. The van der Waals surface area contributed by atoms with E-state index in [9.17, 15) is 4.79 Å². The maximum absolute atomic E-state index is 12.6. The standard InChI is InChI=1S/C23H20Cl2N4O2S/c1-14-3-5-18(7-15(14)2)31-11-17-9-21(32-12-17)22(30)27-23-26-13-29(28-23)10-16-4-6-19(24)20(25)8-16/h3-9,12-13H,10-11H2,1-2H3,(H,27,28,30). The lowest BCUT2D eigenvalue weighted by Gasteiger charge is -2.07. The average molecular weight is 487 g/mol. The summed E-state index contributed by atoms with van der Waals surface area (Å²) in [5.41, 5.74) is 4.25. The number of anilines is 1. The third kappa shape index (κ3) is 5.48. The second-order valence-corrected chi connectivity index (χ2v) is 9.05. The van der Waals surface area contributed by atoms with Crippen molar-refractivity contribution in [3.05, 3.63) is 91.3 Å². The number of hydrogen-bond acceptors (Lipinski definition) is 5. The number of aryl methyl sites for hydroxylation is 2. The van der Waals surface area contributed by atoms with Crippen molar-refractivity contribution in [3.8, 4) is 5.75 Å². The molecular formula is C23H20Cl2N4O2S. The van der Waals surface area contributed by atoms with Gasteiger partial charge >= 0.3 is 0 Å². The van der Waals surface area contributed by atoms with E-state index < -0.39 is 0 Å². The minimum atomic E-state index is -0.264. The van der Waals surface area contributed by atoms with E-state index in [2.05, 4.69) is 29.2 Å². The first-order valence-corrected chi connectivity index (χ1v) is 11.4. The van der Waals surface area contributed by atoms with E-state index in [1.54, 1.807) is 23.1 Å². The zero-order chi connectivity index (χ0) is 22.7. The number of carbonyl (C=O) groups is 1. The van der Waals surface area contributed by atoms with Gasteiger partial charge in [-0.05, 0) is 66.2 Å². The quantitative estimate of drug-likeness (QED) is 0.340. The van der Waals surface area contributed by atoms with Crippen molar-refractivity contribution in [2.24, 2.45) is 0 Å². The van der Waals surface area contributed by atoms with Crippen molar-refractivity contribution in [2.75, 3.05) is 5.32 Å². The van der Waals surface area contributed by atoms with Crippen LogP contribution in [0.1, 0.15) is 31.9 Å². The Morgan fingerprint density at radius 2 is 1.91 bits per heavy atom. The van der Waals surface area contributed by atoms with Gasteiger partial charge in [0.05, 0.1) is 21.5 Å². The molecule has 0 atom stereocenters. The van der Waals surface area contributed by atoms with Crippen LogP contribution in [0.3, 0.4) is 0 Å².